The number of ketones is 2. The van der Waals surface area contributed by atoms with Crippen molar-refractivity contribution >= 4 is 22.6 Å². The Morgan fingerprint density at radius 1 is 0.959 bits per heavy atom. The lowest BCUT2D eigenvalue weighted by Crippen LogP contribution is -2.40. The number of nitrogens with zero attached hydrogens (tertiary/aromatic N) is 5. The normalized spacial score (nSPS) is 18.5. The third-order valence-corrected chi connectivity index (χ3v) is 9.68. The smallest absolute Gasteiger partial charge is 0.347 e. The molecular formula is C35H33N5O9. The molecule has 2 atom stereocenters. The average molecular weight is 668 g/mol. The molecule has 1 N–H and O–H groups in total. The number of methoxy groups -OCH3 is 3. The van der Waals surface area contributed by atoms with E-state index >= 15 is 0 Å². The van der Waals surface area contributed by atoms with Crippen LogP contribution in [0, 0.1) is 0 Å². The molecule has 0 radical (unpaired) electrons. The first-order valence-corrected chi connectivity index (χ1v) is 15.6. The van der Waals surface area contributed by atoms with E-state index in [9.17, 15) is 29.1 Å². The molecular weight excluding hydrogens is 634 g/mol. The molecule has 0 amide bonds. The number of aryl methyl sites for hydroxylation is 2. The van der Waals surface area contributed by atoms with E-state index in [2.05, 4.69) is 4.98 Å². The van der Waals surface area contributed by atoms with Crippen molar-refractivity contribution in [1.82, 2.24) is 23.5 Å². The molecule has 0 fully saturated rings. The van der Waals surface area contributed by atoms with Crippen LogP contribution in [0.5, 0.6) is 23.0 Å². The lowest BCUT2D eigenvalue weighted by atomic mass is 9.68. The number of Topliss-reactive ketones (excluding diaryl/α,β-unsaturated/α-hetero) is 1. The van der Waals surface area contributed by atoms with E-state index in [0.29, 0.717) is 39.4 Å². The SMILES string of the molecule is COc1ccc([C@H]2C3=CCn4c(=O)n(CCc5nc6cc(OC)c(OC)cc6n(C)c5=O)c(=O)n4[C@@H]3CC3=C2C(=O)C=C(C)C3=O)c(O)c1. The van der Waals surface area contributed by atoms with E-state index in [4.69, 9.17) is 14.2 Å². The van der Waals surface area contributed by atoms with E-state index in [1.807, 2.05) is 0 Å². The van der Waals surface area contributed by atoms with E-state index in [0.717, 1.165) is 4.57 Å². The van der Waals surface area contributed by atoms with Crippen molar-refractivity contribution in [1.29, 1.82) is 0 Å². The molecule has 0 saturated carbocycles. The number of aromatic nitrogens is 5. The molecule has 1 aliphatic heterocycles. The highest BCUT2D eigenvalue weighted by Crippen LogP contribution is 2.51. The van der Waals surface area contributed by atoms with E-state index < -0.39 is 28.9 Å². The minimum Gasteiger partial charge on any atom is -0.507 e. The van der Waals surface area contributed by atoms with Gasteiger partial charge in [-0.25, -0.2) is 28.5 Å². The molecule has 3 aliphatic rings. The van der Waals surface area contributed by atoms with Crippen molar-refractivity contribution in [2.75, 3.05) is 21.3 Å². The van der Waals surface area contributed by atoms with Gasteiger partial charge < -0.3 is 23.9 Å². The highest BCUT2D eigenvalue weighted by Gasteiger charge is 2.45. The Hall–Kier alpha value is -5.92. The topological polar surface area (TPSA) is 166 Å². The van der Waals surface area contributed by atoms with E-state index in [1.54, 1.807) is 44.3 Å². The van der Waals surface area contributed by atoms with Crippen LogP contribution in [-0.4, -0.2) is 61.5 Å². The monoisotopic (exact) mass is 667 g/mol. The molecule has 0 saturated heterocycles. The zero-order chi connectivity index (χ0) is 34.9. The Morgan fingerprint density at radius 3 is 2.39 bits per heavy atom. The molecule has 14 heteroatoms. The molecule has 49 heavy (non-hydrogen) atoms. The first kappa shape index (κ1) is 31.7. The van der Waals surface area contributed by atoms with Gasteiger partial charge in [0.05, 0.1) is 44.9 Å². The van der Waals surface area contributed by atoms with Crippen LogP contribution in [-0.2, 0) is 36.1 Å². The molecule has 252 valence electrons. The van der Waals surface area contributed by atoms with Crippen LogP contribution in [0.4, 0.5) is 0 Å². The number of phenolic OH excluding ortho intramolecular Hbond substituents is 1. The van der Waals surface area contributed by atoms with Crippen LogP contribution < -0.4 is 31.1 Å². The number of rotatable bonds is 7. The maximum Gasteiger partial charge on any atom is 0.347 e. The van der Waals surface area contributed by atoms with Gasteiger partial charge in [-0.05, 0) is 24.6 Å². The quantitative estimate of drug-likeness (QED) is 0.228. The first-order valence-electron chi connectivity index (χ1n) is 15.6. The maximum atomic E-state index is 14.1. The summed E-state index contributed by atoms with van der Waals surface area (Å²) in [6.45, 7) is 1.44. The van der Waals surface area contributed by atoms with Gasteiger partial charge in [-0.15, -0.1) is 0 Å². The highest BCUT2D eigenvalue weighted by molar-refractivity contribution is 6.23. The summed E-state index contributed by atoms with van der Waals surface area (Å²) in [6, 6.07) is 7.22. The number of allylic oxidation sites excluding steroid dienone is 6. The predicted octanol–water partition coefficient (Wildman–Crippen LogP) is 2.10. The second kappa shape index (κ2) is 11.6. The largest absolute Gasteiger partial charge is 0.507 e. The fourth-order valence-electron chi connectivity index (χ4n) is 7.23. The summed E-state index contributed by atoms with van der Waals surface area (Å²) in [5, 5.41) is 11.1. The molecule has 14 nitrogen and oxygen atoms in total. The Bertz CT molecular complexity index is 2400. The number of benzene rings is 2. The number of carbonyl (C=O) groups excluding carboxylic acids is 2. The third kappa shape index (κ3) is 4.77. The van der Waals surface area contributed by atoms with Crippen LogP contribution in [0.15, 0.2) is 79.2 Å². The Balaban J connectivity index is 1.30. The molecule has 2 aromatic heterocycles. The summed E-state index contributed by atoms with van der Waals surface area (Å²) >= 11 is 0. The second-order valence-electron chi connectivity index (χ2n) is 12.2. The molecule has 0 bridgehead atoms. The van der Waals surface area contributed by atoms with Gasteiger partial charge >= 0.3 is 11.4 Å². The van der Waals surface area contributed by atoms with Gasteiger partial charge in [0.15, 0.2) is 23.1 Å². The fraction of sp³-hybridized carbons (Fsp3) is 0.314. The zero-order valence-corrected chi connectivity index (χ0v) is 27.5. The van der Waals surface area contributed by atoms with Crippen LogP contribution in [0.1, 0.15) is 36.6 Å². The van der Waals surface area contributed by atoms with Gasteiger partial charge in [-0.3, -0.25) is 14.4 Å². The molecule has 0 unspecified atom stereocenters. The number of ether oxygens (including phenoxy) is 3. The van der Waals surface area contributed by atoms with Gasteiger partial charge in [0, 0.05) is 72.8 Å². The second-order valence-corrected chi connectivity index (χ2v) is 12.2. The summed E-state index contributed by atoms with van der Waals surface area (Å²) in [4.78, 5) is 72.7. The van der Waals surface area contributed by atoms with Crippen molar-refractivity contribution in [2.24, 2.45) is 7.05 Å². The molecule has 7 rings (SSSR count). The molecule has 0 spiro atoms. The lowest BCUT2D eigenvalue weighted by molar-refractivity contribution is -0.116. The fourth-order valence-corrected chi connectivity index (χ4v) is 7.23. The minimum absolute atomic E-state index is 0.00572. The van der Waals surface area contributed by atoms with Crippen molar-refractivity contribution in [3.05, 3.63) is 107 Å². The van der Waals surface area contributed by atoms with E-state index in [-0.39, 0.29) is 65.7 Å². The van der Waals surface area contributed by atoms with Gasteiger partial charge in [-0.1, -0.05) is 12.1 Å². The maximum absolute atomic E-state index is 14.1. The van der Waals surface area contributed by atoms with Gasteiger partial charge in [0.25, 0.3) is 5.56 Å². The summed E-state index contributed by atoms with van der Waals surface area (Å²) < 4.78 is 21.1. The number of phenols is 1. The number of hydrogen-bond acceptors (Lipinski definition) is 10. The molecule has 2 aliphatic carbocycles. The van der Waals surface area contributed by atoms with Crippen LogP contribution in [0.2, 0.25) is 0 Å². The van der Waals surface area contributed by atoms with Crippen LogP contribution in [0.3, 0.4) is 0 Å². The lowest BCUT2D eigenvalue weighted by Gasteiger charge is -2.39. The number of hydrogen-bond donors (Lipinski definition) is 1. The molecule has 4 aromatic rings. The predicted molar refractivity (Wildman–Crippen MR) is 177 cm³/mol. The van der Waals surface area contributed by atoms with Gasteiger partial charge in [0.1, 0.15) is 17.2 Å². The first-order chi connectivity index (χ1) is 23.5. The Labute approximate surface area is 278 Å². The zero-order valence-electron chi connectivity index (χ0n) is 27.5. The van der Waals surface area contributed by atoms with Gasteiger partial charge in [0.2, 0.25) is 0 Å². The Morgan fingerprint density at radius 2 is 1.69 bits per heavy atom. The number of fused-ring (bicyclic) bond motifs is 4. The molecule has 2 aromatic carbocycles. The van der Waals surface area contributed by atoms with Crippen molar-refractivity contribution in [3.63, 3.8) is 0 Å². The summed E-state index contributed by atoms with van der Waals surface area (Å²) in [7, 11) is 6.05. The van der Waals surface area contributed by atoms with Crippen molar-refractivity contribution < 1.29 is 28.9 Å². The summed E-state index contributed by atoms with van der Waals surface area (Å²) in [5.41, 5.74) is 1.27. The molecule has 3 heterocycles. The number of carbonyl (C=O) groups is 2. The highest BCUT2D eigenvalue weighted by atomic mass is 16.5. The third-order valence-electron chi connectivity index (χ3n) is 9.68. The summed E-state index contributed by atoms with van der Waals surface area (Å²) in [6.07, 6.45) is 3.06. The minimum atomic E-state index is -0.847. The van der Waals surface area contributed by atoms with Crippen LogP contribution in [0.25, 0.3) is 11.0 Å². The van der Waals surface area contributed by atoms with Crippen molar-refractivity contribution in [3.8, 4) is 23.0 Å². The van der Waals surface area contributed by atoms with E-state index in [1.165, 1.54) is 47.4 Å². The standard InChI is InChI=1S/C35H33N5O9/c1-17-12-27(42)31-21(32(17)43)14-24-19(30(31)20-7-6-18(47-3)13-26(20)41)8-11-39-34(45)38(35(46)40(24)39)10-9-22-33(44)37(2)25-16-29(49-5)28(48-4)15-23(25)36-22/h6-8,12-13,15-16,24,30,41H,9-11,14H2,1-5H3/t24-,30-/m1/s1. The Kier molecular flexibility index (Phi) is 7.53. The summed E-state index contributed by atoms with van der Waals surface area (Å²) in [5.74, 6) is -0.393. The van der Waals surface area contributed by atoms with Crippen LogP contribution >= 0.6 is 0 Å². The van der Waals surface area contributed by atoms with Gasteiger partial charge in [-0.2, -0.15) is 0 Å². The number of aromatic hydroxyl groups is 1. The van der Waals surface area contributed by atoms with Crippen molar-refractivity contribution in [2.45, 2.75) is 44.8 Å². The average Bonchev–Trinajstić information content (AvgIpc) is 3.35.